The van der Waals surface area contributed by atoms with E-state index in [1.807, 2.05) is 0 Å². The van der Waals surface area contributed by atoms with Crippen molar-refractivity contribution in [2.45, 2.75) is 0 Å². The Hall–Kier alpha value is 0.530. The molecule has 3 nitrogen and oxygen atoms in total. The fourth-order valence-electron chi connectivity index (χ4n) is 0.401. The summed E-state index contributed by atoms with van der Waals surface area (Å²) in [5.41, 5.74) is -0.0903. The minimum absolute atomic E-state index is 0.0903. The van der Waals surface area contributed by atoms with E-state index in [-0.39, 0.29) is 5.56 Å². The first-order valence-corrected chi connectivity index (χ1v) is 8.04. The van der Waals surface area contributed by atoms with Crippen LogP contribution in [0.25, 0.3) is 0 Å². The fourth-order valence-corrected chi connectivity index (χ4v) is 0.668. The molecule has 0 unspecified atom stereocenters. The van der Waals surface area contributed by atoms with Gasteiger partial charge < -0.3 is 4.98 Å². The molecule has 0 atom stereocenters. The van der Waals surface area contributed by atoms with Crippen LogP contribution < -0.4 is 5.56 Å². The van der Waals surface area contributed by atoms with Crippen LogP contribution in [0.3, 0.4) is 0 Å². The zero-order chi connectivity index (χ0) is 10.5. The summed E-state index contributed by atoms with van der Waals surface area (Å²) in [6, 6.07) is 3.45. The van der Waals surface area contributed by atoms with Gasteiger partial charge in [-0.3, -0.25) is 9.36 Å². The monoisotopic (exact) mass is 325 g/mol. The molecule has 0 aliphatic heterocycles. The van der Waals surface area contributed by atoms with E-state index in [0.717, 1.165) is 0 Å². The van der Waals surface area contributed by atoms with Crippen molar-refractivity contribution in [3.8, 4) is 0 Å². The summed E-state index contributed by atoms with van der Waals surface area (Å²) >= 11 is 16.9. The van der Waals surface area contributed by atoms with E-state index in [4.69, 9.17) is 0 Å². The molecule has 0 radical (unpaired) electrons. The first kappa shape index (κ1) is 13.5. The quantitative estimate of drug-likeness (QED) is 0.734. The Morgan fingerprint density at radius 1 is 1.38 bits per heavy atom. The Morgan fingerprint density at radius 3 is 2.08 bits per heavy atom. The number of aromatic nitrogens is 1. The number of hydrogen-bond acceptors (Lipinski definition) is 2. The van der Waals surface area contributed by atoms with Crippen LogP contribution in [0, 0.1) is 0 Å². The van der Waals surface area contributed by atoms with Crippen molar-refractivity contribution in [1.82, 2.24) is 4.98 Å². The standard InChI is InChI=1S/C5H4BrNO.Cl3OP/c6-4-2-1-3-7-5(4)8;1-5(2,3)4/h1-3H,(H,7,8);. The largest absolute Gasteiger partial charge is 0.339 e. The second-order valence-corrected chi connectivity index (χ2v) is 9.24. The van der Waals surface area contributed by atoms with Crippen LogP contribution in [0.4, 0.5) is 0 Å². The summed E-state index contributed by atoms with van der Waals surface area (Å²) in [6.07, 6.45) is 1.59. The normalized spacial score (nSPS) is 10.2. The van der Waals surface area contributed by atoms with Gasteiger partial charge in [-0.15, -0.1) is 0 Å². The van der Waals surface area contributed by atoms with Gasteiger partial charge in [0.2, 0.25) is 0 Å². The van der Waals surface area contributed by atoms with Crippen molar-refractivity contribution in [3.63, 3.8) is 0 Å². The maximum Gasteiger partial charge on any atom is 0.339 e. The molecule has 1 N–H and O–H groups in total. The molecule has 0 aliphatic carbocycles. The second-order valence-electron chi connectivity index (χ2n) is 1.75. The summed E-state index contributed by atoms with van der Waals surface area (Å²) in [5.74, 6) is 0. The molecule has 1 aromatic rings. The molecule has 1 rings (SSSR count). The SMILES string of the molecule is O=P(Cl)(Cl)Cl.O=c1[nH]cccc1Br. The maximum atomic E-state index is 10.5. The van der Waals surface area contributed by atoms with Crippen molar-refractivity contribution < 1.29 is 4.57 Å². The Bertz CT molecular complexity index is 355. The lowest BCUT2D eigenvalue weighted by Gasteiger charge is -1.81. The summed E-state index contributed by atoms with van der Waals surface area (Å²) in [6.45, 7) is 0. The number of hydrogen-bond donors (Lipinski definition) is 1. The van der Waals surface area contributed by atoms with Crippen LogP contribution in [-0.4, -0.2) is 4.98 Å². The van der Waals surface area contributed by atoms with Gasteiger partial charge in [-0.25, -0.2) is 0 Å². The van der Waals surface area contributed by atoms with Crippen LogP contribution in [0.2, 0.25) is 0 Å². The Labute approximate surface area is 97.3 Å². The van der Waals surface area contributed by atoms with E-state index >= 15 is 0 Å². The van der Waals surface area contributed by atoms with Crippen molar-refractivity contribution in [1.29, 1.82) is 0 Å². The highest BCUT2D eigenvalue weighted by Crippen LogP contribution is 2.61. The van der Waals surface area contributed by atoms with Gasteiger partial charge in [0, 0.05) is 6.20 Å². The average Bonchev–Trinajstić information content (AvgIpc) is 1.92. The van der Waals surface area contributed by atoms with Crippen molar-refractivity contribution in [3.05, 3.63) is 33.2 Å². The predicted octanol–water partition coefficient (Wildman–Crippen LogP) is 3.95. The molecule has 74 valence electrons. The van der Waals surface area contributed by atoms with Gasteiger partial charge in [0.1, 0.15) is 0 Å². The molecule has 0 amide bonds. The molecule has 0 aliphatic rings. The van der Waals surface area contributed by atoms with Crippen LogP contribution in [-0.2, 0) is 4.57 Å². The van der Waals surface area contributed by atoms with Gasteiger partial charge >= 0.3 is 5.20 Å². The van der Waals surface area contributed by atoms with E-state index in [9.17, 15) is 9.36 Å². The number of aromatic amines is 1. The first-order valence-electron chi connectivity index (χ1n) is 2.83. The summed E-state index contributed by atoms with van der Waals surface area (Å²) in [4.78, 5) is 13.0. The highest BCUT2D eigenvalue weighted by Gasteiger charge is 2.02. The molecular formula is C5H4BrCl3NO2P. The van der Waals surface area contributed by atoms with E-state index in [0.29, 0.717) is 4.47 Å². The van der Waals surface area contributed by atoms with Gasteiger partial charge in [-0.2, -0.15) is 0 Å². The molecule has 0 aromatic carbocycles. The molecule has 1 heterocycles. The van der Waals surface area contributed by atoms with Gasteiger partial charge in [0.05, 0.1) is 4.47 Å². The Balaban J connectivity index is 0.000000252. The molecule has 0 bridgehead atoms. The highest BCUT2D eigenvalue weighted by molar-refractivity contribution is 9.10. The molecule has 0 saturated carbocycles. The number of nitrogens with one attached hydrogen (secondary N) is 1. The van der Waals surface area contributed by atoms with Crippen LogP contribution in [0.15, 0.2) is 27.6 Å². The summed E-state index contributed by atoms with van der Waals surface area (Å²) in [5, 5.41) is -3.22. The molecule has 13 heavy (non-hydrogen) atoms. The first-order chi connectivity index (χ1) is 5.80. The van der Waals surface area contributed by atoms with Gasteiger partial charge in [0.15, 0.2) is 0 Å². The Kier molecular flexibility index (Phi) is 6.34. The van der Waals surface area contributed by atoms with E-state index < -0.39 is 5.20 Å². The third kappa shape index (κ3) is 10.5. The smallest absolute Gasteiger partial charge is 0.328 e. The zero-order valence-corrected chi connectivity index (χ0v) is 10.8. The van der Waals surface area contributed by atoms with E-state index in [1.54, 1.807) is 18.3 Å². The maximum absolute atomic E-state index is 10.5. The summed E-state index contributed by atoms with van der Waals surface area (Å²) < 4.78 is 10.1. The number of pyridine rings is 1. The molecule has 1 aromatic heterocycles. The van der Waals surface area contributed by atoms with Gasteiger partial charge in [-0.1, -0.05) is 0 Å². The topological polar surface area (TPSA) is 49.9 Å². The average molecular weight is 327 g/mol. The molecular weight excluding hydrogens is 323 g/mol. The number of H-pyrrole nitrogens is 1. The zero-order valence-electron chi connectivity index (χ0n) is 6.01. The van der Waals surface area contributed by atoms with Crippen LogP contribution in [0.5, 0.6) is 0 Å². The highest BCUT2D eigenvalue weighted by atomic mass is 79.9. The second kappa shape index (κ2) is 6.10. The predicted molar refractivity (Wildman–Crippen MR) is 59.9 cm³/mol. The molecule has 0 saturated heterocycles. The van der Waals surface area contributed by atoms with E-state index in [2.05, 4.69) is 54.6 Å². The fraction of sp³-hybridized carbons (Fsp3) is 0. The molecule has 0 fully saturated rings. The van der Waals surface area contributed by atoms with Crippen LogP contribution in [0.1, 0.15) is 0 Å². The van der Waals surface area contributed by atoms with Gasteiger partial charge in [0.25, 0.3) is 5.56 Å². The van der Waals surface area contributed by atoms with Crippen molar-refractivity contribution in [2.24, 2.45) is 0 Å². The minimum atomic E-state index is -3.22. The lowest BCUT2D eigenvalue weighted by molar-refractivity contribution is 0.600. The number of halogens is 4. The van der Waals surface area contributed by atoms with Gasteiger partial charge in [-0.05, 0) is 61.8 Å². The van der Waals surface area contributed by atoms with E-state index in [1.165, 1.54) is 0 Å². The molecule has 8 heteroatoms. The van der Waals surface area contributed by atoms with Crippen molar-refractivity contribution in [2.75, 3.05) is 0 Å². The lowest BCUT2D eigenvalue weighted by Crippen LogP contribution is -2.02. The third-order valence-corrected chi connectivity index (χ3v) is 1.39. The lowest BCUT2D eigenvalue weighted by atomic mass is 10.5. The number of rotatable bonds is 0. The summed E-state index contributed by atoms with van der Waals surface area (Å²) in [7, 11) is 0. The molecule has 0 spiro atoms. The minimum Gasteiger partial charge on any atom is -0.328 e. The Morgan fingerprint density at radius 2 is 1.85 bits per heavy atom. The van der Waals surface area contributed by atoms with Crippen molar-refractivity contribution >= 4 is 54.9 Å². The third-order valence-electron chi connectivity index (χ3n) is 0.770. The van der Waals surface area contributed by atoms with Crippen LogP contribution >= 0.6 is 54.9 Å².